The monoisotopic (exact) mass is 308 g/mol. The third-order valence-electron chi connectivity index (χ3n) is 2.95. The summed E-state index contributed by atoms with van der Waals surface area (Å²) in [5, 5.41) is 4.01. The Hall–Kier alpha value is -2.77. The van der Waals surface area contributed by atoms with Gasteiger partial charge in [0.1, 0.15) is 5.75 Å². The van der Waals surface area contributed by atoms with E-state index in [1.807, 2.05) is 6.07 Å². The predicted molar refractivity (Wildman–Crippen MR) is 74.4 cm³/mol. The van der Waals surface area contributed by atoms with E-state index < -0.39 is 12.8 Å². The zero-order valence-electron chi connectivity index (χ0n) is 11.2. The standard InChI is InChI=1S/C14H11F3N4O/c15-14(16,17)8-22-10-5-3-9(4-6-10)11-2-1-7-21-12(11)19-13(18)20-21/h1-7H,8H2,(H2,18,20). The predicted octanol–water partition coefficient (Wildman–Crippen LogP) is 2.92. The molecule has 3 aromatic rings. The highest BCUT2D eigenvalue weighted by molar-refractivity contribution is 5.77. The van der Waals surface area contributed by atoms with Crippen LogP contribution in [0, 0.1) is 0 Å². The largest absolute Gasteiger partial charge is 0.484 e. The third-order valence-corrected chi connectivity index (χ3v) is 2.95. The number of hydrogen-bond acceptors (Lipinski definition) is 4. The Kier molecular flexibility index (Phi) is 3.36. The van der Waals surface area contributed by atoms with Crippen molar-refractivity contribution in [3.63, 3.8) is 0 Å². The van der Waals surface area contributed by atoms with Gasteiger partial charge in [0.25, 0.3) is 0 Å². The summed E-state index contributed by atoms with van der Waals surface area (Å²) in [5.41, 5.74) is 7.69. The third kappa shape index (κ3) is 2.95. The van der Waals surface area contributed by atoms with Gasteiger partial charge < -0.3 is 10.5 Å². The maximum absolute atomic E-state index is 12.1. The Balaban J connectivity index is 1.88. The van der Waals surface area contributed by atoms with Crippen LogP contribution in [0.25, 0.3) is 16.8 Å². The second-order valence-electron chi connectivity index (χ2n) is 4.59. The molecule has 0 bridgehead atoms. The number of nitrogens with two attached hydrogens (primary N) is 1. The number of ether oxygens (including phenoxy) is 1. The molecule has 0 aliphatic rings. The van der Waals surface area contributed by atoms with E-state index in [2.05, 4.69) is 14.8 Å². The average Bonchev–Trinajstić information content (AvgIpc) is 2.85. The second-order valence-corrected chi connectivity index (χ2v) is 4.59. The van der Waals surface area contributed by atoms with Crippen molar-refractivity contribution in [1.82, 2.24) is 14.6 Å². The number of anilines is 1. The number of rotatable bonds is 3. The minimum Gasteiger partial charge on any atom is -0.484 e. The van der Waals surface area contributed by atoms with Gasteiger partial charge in [0.2, 0.25) is 5.95 Å². The number of nitrogens with zero attached hydrogens (tertiary/aromatic N) is 3. The number of halogens is 3. The molecule has 0 saturated heterocycles. The number of fused-ring (bicyclic) bond motifs is 1. The van der Waals surface area contributed by atoms with Crippen LogP contribution in [-0.4, -0.2) is 27.4 Å². The second kappa shape index (κ2) is 5.21. The highest BCUT2D eigenvalue weighted by Crippen LogP contribution is 2.26. The van der Waals surface area contributed by atoms with Crippen LogP contribution in [0.15, 0.2) is 42.6 Å². The fourth-order valence-corrected chi connectivity index (χ4v) is 2.04. The molecule has 1 aromatic carbocycles. The molecule has 22 heavy (non-hydrogen) atoms. The van der Waals surface area contributed by atoms with Gasteiger partial charge in [-0.3, -0.25) is 0 Å². The summed E-state index contributed by atoms with van der Waals surface area (Å²) in [4.78, 5) is 4.13. The minimum absolute atomic E-state index is 0.147. The Morgan fingerprint density at radius 3 is 2.55 bits per heavy atom. The molecule has 2 aromatic heterocycles. The molecule has 3 rings (SSSR count). The first-order valence-corrected chi connectivity index (χ1v) is 6.33. The van der Waals surface area contributed by atoms with Gasteiger partial charge in [-0.25, -0.2) is 4.52 Å². The maximum atomic E-state index is 12.1. The van der Waals surface area contributed by atoms with Crippen molar-refractivity contribution >= 4 is 11.6 Å². The number of pyridine rings is 1. The lowest BCUT2D eigenvalue weighted by Crippen LogP contribution is -2.19. The van der Waals surface area contributed by atoms with Crippen LogP contribution in [0.1, 0.15) is 0 Å². The van der Waals surface area contributed by atoms with Gasteiger partial charge in [0, 0.05) is 11.8 Å². The molecule has 0 aliphatic heterocycles. The van der Waals surface area contributed by atoms with Gasteiger partial charge in [-0.15, -0.1) is 5.10 Å². The van der Waals surface area contributed by atoms with Crippen molar-refractivity contribution in [1.29, 1.82) is 0 Å². The molecular formula is C14H11F3N4O. The lowest BCUT2D eigenvalue weighted by atomic mass is 10.1. The van der Waals surface area contributed by atoms with Gasteiger partial charge in [-0.1, -0.05) is 12.1 Å². The summed E-state index contributed by atoms with van der Waals surface area (Å²) < 4.78 is 42.5. The molecule has 0 amide bonds. The van der Waals surface area contributed by atoms with E-state index in [1.54, 1.807) is 28.9 Å². The van der Waals surface area contributed by atoms with Gasteiger partial charge in [0.15, 0.2) is 12.3 Å². The van der Waals surface area contributed by atoms with Gasteiger partial charge in [0.05, 0.1) is 0 Å². The van der Waals surface area contributed by atoms with E-state index in [4.69, 9.17) is 5.73 Å². The van der Waals surface area contributed by atoms with Crippen LogP contribution in [0.2, 0.25) is 0 Å². The molecule has 0 spiro atoms. The van der Waals surface area contributed by atoms with Crippen LogP contribution in [0.4, 0.5) is 19.1 Å². The smallest absolute Gasteiger partial charge is 0.422 e. The SMILES string of the molecule is Nc1nc2c(-c3ccc(OCC(F)(F)F)cc3)cccn2n1. The van der Waals surface area contributed by atoms with Crippen LogP contribution in [0.3, 0.4) is 0 Å². The zero-order chi connectivity index (χ0) is 15.7. The van der Waals surface area contributed by atoms with Crippen molar-refractivity contribution in [3.05, 3.63) is 42.6 Å². The number of alkyl halides is 3. The van der Waals surface area contributed by atoms with Crippen LogP contribution >= 0.6 is 0 Å². The highest BCUT2D eigenvalue weighted by atomic mass is 19.4. The summed E-state index contributed by atoms with van der Waals surface area (Å²) in [5.74, 6) is 0.298. The average molecular weight is 308 g/mol. The summed E-state index contributed by atoms with van der Waals surface area (Å²) in [6.07, 6.45) is -2.65. The Bertz CT molecular complexity index is 796. The Morgan fingerprint density at radius 2 is 1.86 bits per heavy atom. The molecule has 0 unspecified atom stereocenters. The molecule has 0 atom stereocenters. The van der Waals surface area contributed by atoms with Crippen molar-refractivity contribution in [2.75, 3.05) is 12.3 Å². The number of aromatic nitrogens is 3. The van der Waals surface area contributed by atoms with E-state index in [-0.39, 0.29) is 11.7 Å². The fraction of sp³-hybridized carbons (Fsp3) is 0.143. The molecule has 0 radical (unpaired) electrons. The molecule has 0 aliphatic carbocycles. The summed E-state index contributed by atoms with van der Waals surface area (Å²) >= 11 is 0. The van der Waals surface area contributed by atoms with Gasteiger partial charge in [-0.2, -0.15) is 18.2 Å². The first-order valence-electron chi connectivity index (χ1n) is 6.33. The Labute approximate surface area is 123 Å². The van der Waals surface area contributed by atoms with Gasteiger partial charge >= 0.3 is 6.18 Å². The first-order chi connectivity index (χ1) is 10.4. The van der Waals surface area contributed by atoms with E-state index in [9.17, 15) is 13.2 Å². The molecule has 2 heterocycles. The van der Waals surface area contributed by atoms with Crippen molar-refractivity contribution < 1.29 is 17.9 Å². The maximum Gasteiger partial charge on any atom is 0.422 e. The minimum atomic E-state index is -4.36. The van der Waals surface area contributed by atoms with Crippen molar-refractivity contribution in [3.8, 4) is 16.9 Å². The van der Waals surface area contributed by atoms with E-state index in [1.165, 1.54) is 12.1 Å². The molecular weight excluding hydrogens is 297 g/mol. The van der Waals surface area contributed by atoms with E-state index in [0.717, 1.165) is 11.1 Å². The normalized spacial score (nSPS) is 11.8. The summed E-state index contributed by atoms with van der Waals surface area (Å²) in [7, 11) is 0. The lowest BCUT2D eigenvalue weighted by molar-refractivity contribution is -0.153. The topological polar surface area (TPSA) is 65.4 Å². The Morgan fingerprint density at radius 1 is 1.14 bits per heavy atom. The molecule has 5 nitrogen and oxygen atoms in total. The van der Waals surface area contributed by atoms with E-state index in [0.29, 0.717) is 5.65 Å². The number of hydrogen-bond donors (Lipinski definition) is 1. The highest BCUT2D eigenvalue weighted by Gasteiger charge is 2.28. The van der Waals surface area contributed by atoms with E-state index >= 15 is 0 Å². The molecule has 114 valence electrons. The summed E-state index contributed by atoms with van der Waals surface area (Å²) in [6.45, 7) is -1.32. The lowest BCUT2D eigenvalue weighted by Gasteiger charge is -2.09. The number of benzene rings is 1. The number of nitrogen functional groups attached to an aromatic ring is 1. The molecule has 0 saturated carbocycles. The molecule has 8 heteroatoms. The fourth-order valence-electron chi connectivity index (χ4n) is 2.04. The first kappa shape index (κ1) is 14.2. The van der Waals surface area contributed by atoms with Crippen LogP contribution in [0.5, 0.6) is 5.75 Å². The van der Waals surface area contributed by atoms with Crippen molar-refractivity contribution in [2.24, 2.45) is 0 Å². The van der Waals surface area contributed by atoms with Crippen LogP contribution in [-0.2, 0) is 0 Å². The summed E-state index contributed by atoms with van der Waals surface area (Å²) in [6, 6.07) is 9.88. The zero-order valence-corrected chi connectivity index (χ0v) is 11.2. The van der Waals surface area contributed by atoms with Gasteiger partial charge in [-0.05, 0) is 29.8 Å². The molecule has 0 fully saturated rings. The van der Waals surface area contributed by atoms with Crippen LogP contribution < -0.4 is 10.5 Å². The quantitative estimate of drug-likeness (QED) is 0.808. The van der Waals surface area contributed by atoms with Crippen molar-refractivity contribution in [2.45, 2.75) is 6.18 Å². The molecule has 2 N–H and O–H groups in total.